The third-order valence-corrected chi connectivity index (χ3v) is 4.36. The third kappa shape index (κ3) is 2.36. The molecule has 102 valence electrons. The van der Waals surface area contributed by atoms with Crippen LogP contribution in [0.2, 0.25) is 0 Å². The van der Waals surface area contributed by atoms with Crippen molar-refractivity contribution in [1.29, 1.82) is 0 Å². The van der Waals surface area contributed by atoms with Gasteiger partial charge in [0.2, 0.25) is 5.91 Å². The molecule has 1 amide bonds. The summed E-state index contributed by atoms with van der Waals surface area (Å²) >= 11 is 0. The molecule has 1 aliphatic carbocycles. The van der Waals surface area contributed by atoms with Crippen LogP contribution < -0.4 is 5.73 Å². The van der Waals surface area contributed by atoms with Gasteiger partial charge in [-0.05, 0) is 31.6 Å². The number of piperidine rings is 1. The van der Waals surface area contributed by atoms with E-state index in [9.17, 15) is 14.7 Å². The maximum atomic E-state index is 12.5. The van der Waals surface area contributed by atoms with Gasteiger partial charge in [0, 0.05) is 12.6 Å². The highest BCUT2D eigenvalue weighted by atomic mass is 16.4. The number of hydrogen-bond donors (Lipinski definition) is 2. The minimum absolute atomic E-state index is 0.0258. The van der Waals surface area contributed by atoms with E-state index in [0.29, 0.717) is 6.54 Å². The number of carboxylic acids is 1. The number of aliphatic carboxylic acids is 1. The van der Waals surface area contributed by atoms with Gasteiger partial charge < -0.3 is 15.7 Å². The summed E-state index contributed by atoms with van der Waals surface area (Å²) < 4.78 is 0. The minimum Gasteiger partial charge on any atom is -0.480 e. The largest absolute Gasteiger partial charge is 0.480 e. The second-order valence-corrected chi connectivity index (χ2v) is 5.64. The summed E-state index contributed by atoms with van der Waals surface area (Å²) in [5, 5.41) is 9.31. The van der Waals surface area contributed by atoms with Crippen LogP contribution in [0.4, 0.5) is 0 Å². The molecule has 1 saturated carbocycles. The summed E-state index contributed by atoms with van der Waals surface area (Å²) in [5.74, 6) is -1.07. The summed E-state index contributed by atoms with van der Waals surface area (Å²) in [5.41, 5.74) is 5.95. The predicted molar refractivity (Wildman–Crippen MR) is 66.9 cm³/mol. The number of likely N-dealkylation sites (tertiary alicyclic amines) is 1. The van der Waals surface area contributed by atoms with E-state index in [1.54, 1.807) is 4.90 Å². The Balaban J connectivity index is 2.14. The van der Waals surface area contributed by atoms with Gasteiger partial charge in [-0.25, -0.2) is 4.79 Å². The van der Waals surface area contributed by atoms with Crippen LogP contribution in [-0.2, 0) is 9.59 Å². The second kappa shape index (κ2) is 5.26. The fourth-order valence-electron chi connectivity index (χ4n) is 3.32. The van der Waals surface area contributed by atoms with E-state index in [-0.39, 0.29) is 23.8 Å². The first-order valence-corrected chi connectivity index (χ1v) is 6.81. The smallest absolute Gasteiger partial charge is 0.326 e. The molecular weight excluding hydrogens is 232 g/mol. The zero-order valence-electron chi connectivity index (χ0n) is 10.8. The van der Waals surface area contributed by atoms with Crippen LogP contribution in [0.3, 0.4) is 0 Å². The number of carboxylic acid groups (broad SMARTS) is 1. The number of nitrogens with zero attached hydrogens (tertiary/aromatic N) is 1. The number of nitrogens with two attached hydrogens (primary N) is 1. The average Bonchev–Trinajstić information content (AvgIpc) is 2.73. The SMILES string of the molecule is CC1CCCN(C(=O)C2CCCC2N)C1C(=O)O. The molecule has 4 unspecified atom stereocenters. The summed E-state index contributed by atoms with van der Waals surface area (Å²) in [6, 6.07) is -0.761. The van der Waals surface area contributed by atoms with E-state index in [1.807, 2.05) is 6.92 Å². The van der Waals surface area contributed by atoms with Gasteiger partial charge in [-0.3, -0.25) is 4.79 Å². The van der Waals surface area contributed by atoms with E-state index in [0.717, 1.165) is 32.1 Å². The highest BCUT2D eigenvalue weighted by Crippen LogP contribution is 2.30. The molecule has 1 heterocycles. The molecule has 1 aliphatic heterocycles. The lowest BCUT2D eigenvalue weighted by Crippen LogP contribution is -2.55. The molecule has 3 N–H and O–H groups in total. The normalized spacial score (nSPS) is 36.7. The van der Waals surface area contributed by atoms with Crippen LogP contribution in [0.25, 0.3) is 0 Å². The van der Waals surface area contributed by atoms with Crippen molar-refractivity contribution in [2.75, 3.05) is 6.54 Å². The number of carbonyl (C=O) groups is 2. The summed E-state index contributed by atoms with van der Waals surface area (Å²) in [6.07, 6.45) is 4.41. The lowest BCUT2D eigenvalue weighted by atomic mass is 9.89. The van der Waals surface area contributed by atoms with Crippen molar-refractivity contribution in [1.82, 2.24) is 4.90 Å². The minimum atomic E-state index is -0.887. The summed E-state index contributed by atoms with van der Waals surface area (Å²) in [6.45, 7) is 2.47. The lowest BCUT2D eigenvalue weighted by Gasteiger charge is -2.39. The Bertz CT molecular complexity index is 345. The van der Waals surface area contributed by atoms with Gasteiger partial charge in [-0.1, -0.05) is 13.3 Å². The Morgan fingerprint density at radius 1 is 1.22 bits per heavy atom. The summed E-state index contributed by atoms with van der Waals surface area (Å²) in [4.78, 5) is 25.4. The molecular formula is C13H22N2O3. The van der Waals surface area contributed by atoms with Gasteiger partial charge in [0.1, 0.15) is 6.04 Å². The quantitative estimate of drug-likeness (QED) is 0.764. The molecule has 1 saturated heterocycles. The first kappa shape index (κ1) is 13.3. The molecule has 2 aliphatic rings. The van der Waals surface area contributed by atoms with Crippen molar-refractivity contribution < 1.29 is 14.7 Å². The van der Waals surface area contributed by atoms with Gasteiger partial charge in [0.05, 0.1) is 5.92 Å². The van der Waals surface area contributed by atoms with Gasteiger partial charge in [0.25, 0.3) is 0 Å². The van der Waals surface area contributed by atoms with E-state index in [4.69, 9.17) is 5.73 Å². The van der Waals surface area contributed by atoms with E-state index >= 15 is 0 Å². The van der Waals surface area contributed by atoms with Crippen molar-refractivity contribution in [2.45, 2.75) is 51.1 Å². The van der Waals surface area contributed by atoms with Crippen LogP contribution in [0.5, 0.6) is 0 Å². The zero-order valence-corrected chi connectivity index (χ0v) is 10.8. The Hall–Kier alpha value is -1.10. The number of hydrogen-bond acceptors (Lipinski definition) is 3. The molecule has 18 heavy (non-hydrogen) atoms. The Labute approximate surface area is 107 Å². The van der Waals surface area contributed by atoms with Crippen LogP contribution in [-0.4, -0.2) is 40.5 Å². The van der Waals surface area contributed by atoms with Crippen molar-refractivity contribution in [3.63, 3.8) is 0 Å². The van der Waals surface area contributed by atoms with Crippen LogP contribution in [0, 0.1) is 11.8 Å². The molecule has 0 aromatic carbocycles. The third-order valence-electron chi connectivity index (χ3n) is 4.36. The molecule has 0 radical (unpaired) electrons. The zero-order chi connectivity index (χ0) is 13.3. The Morgan fingerprint density at radius 3 is 2.50 bits per heavy atom. The van der Waals surface area contributed by atoms with E-state index in [1.165, 1.54) is 0 Å². The van der Waals surface area contributed by atoms with Crippen molar-refractivity contribution >= 4 is 11.9 Å². The first-order chi connectivity index (χ1) is 8.52. The van der Waals surface area contributed by atoms with Crippen LogP contribution >= 0.6 is 0 Å². The molecule has 2 fully saturated rings. The van der Waals surface area contributed by atoms with Gasteiger partial charge in [0.15, 0.2) is 0 Å². The maximum absolute atomic E-state index is 12.5. The Morgan fingerprint density at radius 2 is 1.94 bits per heavy atom. The van der Waals surface area contributed by atoms with E-state index < -0.39 is 12.0 Å². The highest BCUT2D eigenvalue weighted by Gasteiger charge is 2.41. The van der Waals surface area contributed by atoms with Crippen LogP contribution in [0.1, 0.15) is 39.0 Å². The van der Waals surface area contributed by atoms with Crippen molar-refractivity contribution in [3.8, 4) is 0 Å². The van der Waals surface area contributed by atoms with Gasteiger partial charge in [-0.2, -0.15) is 0 Å². The van der Waals surface area contributed by atoms with E-state index in [2.05, 4.69) is 0 Å². The number of amides is 1. The molecule has 5 heteroatoms. The fraction of sp³-hybridized carbons (Fsp3) is 0.846. The first-order valence-electron chi connectivity index (χ1n) is 6.81. The standard InChI is InChI=1S/C13H22N2O3/c1-8-4-3-7-15(11(8)13(17)18)12(16)9-5-2-6-10(9)14/h8-11H,2-7,14H2,1H3,(H,17,18). The Kier molecular flexibility index (Phi) is 3.90. The molecule has 0 aromatic heterocycles. The van der Waals surface area contributed by atoms with Crippen molar-refractivity contribution in [3.05, 3.63) is 0 Å². The van der Waals surface area contributed by atoms with Gasteiger partial charge in [-0.15, -0.1) is 0 Å². The summed E-state index contributed by atoms with van der Waals surface area (Å²) in [7, 11) is 0. The maximum Gasteiger partial charge on any atom is 0.326 e. The van der Waals surface area contributed by atoms with Gasteiger partial charge >= 0.3 is 5.97 Å². The molecule has 4 atom stereocenters. The number of carbonyl (C=O) groups excluding carboxylic acids is 1. The molecule has 2 rings (SSSR count). The number of rotatable bonds is 2. The molecule has 0 aromatic rings. The topological polar surface area (TPSA) is 83.6 Å². The lowest BCUT2D eigenvalue weighted by molar-refractivity contribution is -0.156. The fourth-order valence-corrected chi connectivity index (χ4v) is 3.32. The molecule has 5 nitrogen and oxygen atoms in total. The molecule has 0 spiro atoms. The predicted octanol–water partition coefficient (Wildman–Crippen LogP) is 0.826. The highest BCUT2D eigenvalue weighted by molar-refractivity contribution is 5.86. The average molecular weight is 254 g/mol. The van der Waals surface area contributed by atoms with Crippen molar-refractivity contribution in [2.24, 2.45) is 17.6 Å². The van der Waals surface area contributed by atoms with Crippen LogP contribution in [0.15, 0.2) is 0 Å². The monoisotopic (exact) mass is 254 g/mol. The second-order valence-electron chi connectivity index (χ2n) is 5.64. The molecule has 0 bridgehead atoms.